The predicted octanol–water partition coefficient (Wildman–Crippen LogP) is 2.90. The summed E-state index contributed by atoms with van der Waals surface area (Å²) in [6.45, 7) is 6.20. The largest absolute Gasteiger partial charge is 0.338 e. The smallest absolute Gasteiger partial charge is 0.239 e. The van der Waals surface area contributed by atoms with Gasteiger partial charge in [-0.1, -0.05) is 12.1 Å². The highest BCUT2D eigenvalue weighted by atomic mass is 32.2. The van der Waals surface area contributed by atoms with Crippen LogP contribution in [0.5, 0.6) is 0 Å². The Morgan fingerprint density at radius 3 is 2.62 bits per heavy atom. The van der Waals surface area contributed by atoms with Crippen LogP contribution in [0.25, 0.3) is 10.2 Å². The van der Waals surface area contributed by atoms with Gasteiger partial charge in [-0.15, -0.1) is 11.3 Å². The van der Waals surface area contributed by atoms with Crippen LogP contribution in [0.1, 0.15) is 44.0 Å². The Labute approximate surface area is 176 Å². The summed E-state index contributed by atoms with van der Waals surface area (Å²) in [5.74, 6) is 0.823. The van der Waals surface area contributed by atoms with Crippen LogP contribution in [-0.2, 0) is 14.6 Å². The third-order valence-electron chi connectivity index (χ3n) is 6.37. The number of sulfone groups is 1. The van der Waals surface area contributed by atoms with Crippen molar-refractivity contribution in [1.29, 1.82) is 0 Å². The average Bonchev–Trinajstić information content (AvgIpc) is 3.31. The molecule has 29 heavy (non-hydrogen) atoms. The molecule has 0 saturated carbocycles. The molecule has 3 heterocycles. The van der Waals surface area contributed by atoms with Gasteiger partial charge in [0.05, 0.1) is 32.8 Å². The fourth-order valence-electron chi connectivity index (χ4n) is 4.61. The number of carbonyl (C=O) groups excluding carboxylic acids is 1. The van der Waals surface area contributed by atoms with Crippen molar-refractivity contribution in [2.24, 2.45) is 0 Å². The number of likely N-dealkylation sites (tertiary alicyclic amines) is 1. The molecule has 0 spiro atoms. The van der Waals surface area contributed by atoms with Gasteiger partial charge < -0.3 is 4.90 Å². The Balaban J connectivity index is 1.37. The molecule has 2 saturated heterocycles. The summed E-state index contributed by atoms with van der Waals surface area (Å²) in [7, 11) is -3.00. The minimum Gasteiger partial charge on any atom is -0.338 e. The van der Waals surface area contributed by atoms with E-state index in [0.29, 0.717) is 18.9 Å². The maximum absolute atomic E-state index is 13.1. The highest BCUT2D eigenvalue weighted by Crippen LogP contribution is 2.34. The van der Waals surface area contributed by atoms with Crippen LogP contribution in [0.3, 0.4) is 0 Å². The SMILES string of the molecule is CCN(C(=O)[C@@H](C)N1CCC(c2nc3ccccc3s2)CC1)[C@H]1CCS(=O)(=O)C1. The number of hydrogen-bond donors (Lipinski definition) is 0. The van der Waals surface area contributed by atoms with E-state index in [1.165, 1.54) is 9.71 Å². The number of hydrogen-bond acceptors (Lipinski definition) is 6. The zero-order chi connectivity index (χ0) is 20.6. The number of benzene rings is 1. The summed E-state index contributed by atoms with van der Waals surface area (Å²) in [6.07, 6.45) is 2.57. The molecule has 2 aliphatic heterocycles. The lowest BCUT2D eigenvalue weighted by Gasteiger charge is -2.38. The molecule has 2 aromatic rings. The van der Waals surface area contributed by atoms with E-state index in [-0.39, 0.29) is 29.5 Å². The van der Waals surface area contributed by atoms with Crippen molar-refractivity contribution >= 4 is 37.3 Å². The van der Waals surface area contributed by atoms with Crippen LogP contribution in [0, 0.1) is 0 Å². The molecule has 158 valence electrons. The number of thiazole rings is 1. The van der Waals surface area contributed by atoms with Crippen molar-refractivity contribution in [2.75, 3.05) is 31.1 Å². The van der Waals surface area contributed by atoms with Gasteiger partial charge in [0, 0.05) is 18.5 Å². The normalized spacial score (nSPS) is 24.0. The van der Waals surface area contributed by atoms with Gasteiger partial charge in [0.25, 0.3) is 0 Å². The molecule has 6 nitrogen and oxygen atoms in total. The van der Waals surface area contributed by atoms with Gasteiger partial charge in [0.15, 0.2) is 9.84 Å². The topological polar surface area (TPSA) is 70.6 Å². The molecule has 2 fully saturated rings. The number of para-hydroxylation sites is 1. The van der Waals surface area contributed by atoms with Crippen LogP contribution in [-0.4, -0.2) is 72.3 Å². The Morgan fingerprint density at radius 1 is 1.28 bits per heavy atom. The van der Waals surface area contributed by atoms with Crippen molar-refractivity contribution in [2.45, 2.75) is 51.1 Å². The summed E-state index contributed by atoms with van der Waals surface area (Å²) in [5.41, 5.74) is 1.07. The van der Waals surface area contributed by atoms with Gasteiger partial charge >= 0.3 is 0 Å². The second-order valence-electron chi connectivity index (χ2n) is 8.19. The Bertz CT molecular complexity index is 947. The maximum Gasteiger partial charge on any atom is 0.239 e. The first kappa shape index (κ1) is 20.8. The van der Waals surface area contributed by atoms with Crippen molar-refractivity contribution in [1.82, 2.24) is 14.8 Å². The van der Waals surface area contributed by atoms with Crippen LogP contribution in [0.2, 0.25) is 0 Å². The van der Waals surface area contributed by atoms with Gasteiger partial charge in [-0.2, -0.15) is 0 Å². The van der Waals surface area contributed by atoms with E-state index in [0.717, 1.165) is 31.4 Å². The molecular formula is C21H29N3O3S2. The first-order valence-electron chi connectivity index (χ1n) is 10.5. The quantitative estimate of drug-likeness (QED) is 0.722. The fourth-order valence-corrected chi connectivity index (χ4v) is 7.48. The lowest BCUT2D eigenvalue weighted by atomic mass is 9.96. The predicted molar refractivity (Wildman–Crippen MR) is 117 cm³/mol. The number of aromatic nitrogens is 1. The van der Waals surface area contributed by atoms with E-state index in [4.69, 9.17) is 4.98 Å². The van der Waals surface area contributed by atoms with Crippen molar-refractivity contribution in [3.8, 4) is 0 Å². The zero-order valence-electron chi connectivity index (χ0n) is 17.1. The summed E-state index contributed by atoms with van der Waals surface area (Å²) in [6, 6.07) is 7.88. The minimum absolute atomic E-state index is 0.0630. The second kappa shape index (κ2) is 8.32. The van der Waals surface area contributed by atoms with Crippen LogP contribution < -0.4 is 0 Å². The molecule has 1 aromatic heterocycles. The summed E-state index contributed by atoms with van der Waals surface area (Å²) in [5, 5.41) is 1.20. The monoisotopic (exact) mass is 435 g/mol. The molecule has 0 aliphatic carbocycles. The maximum atomic E-state index is 13.1. The second-order valence-corrected chi connectivity index (χ2v) is 11.5. The highest BCUT2D eigenvalue weighted by Gasteiger charge is 2.37. The van der Waals surface area contributed by atoms with E-state index < -0.39 is 9.84 Å². The van der Waals surface area contributed by atoms with Gasteiger partial charge in [0.1, 0.15) is 0 Å². The number of nitrogens with zero attached hydrogens (tertiary/aromatic N) is 3. The minimum atomic E-state index is -3.00. The lowest BCUT2D eigenvalue weighted by Crippen LogP contribution is -2.52. The molecule has 4 rings (SSSR count). The standard InChI is InChI=1S/C21H29N3O3S2/c1-3-24(17-10-13-29(26,27)14-17)21(25)15(2)23-11-8-16(9-12-23)20-22-18-6-4-5-7-19(18)28-20/h4-7,15-17H,3,8-14H2,1-2H3/t15-,17+/m1/s1. The van der Waals surface area contributed by atoms with Crippen LogP contribution in [0.15, 0.2) is 24.3 Å². The van der Waals surface area contributed by atoms with Crippen molar-refractivity contribution in [3.05, 3.63) is 29.3 Å². The molecule has 0 bridgehead atoms. The van der Waals surface area contributed by atoms with Gasteiger partial charge in [0.2, 0.25) is 5.91 Å². The summed E-state index contributed by atoms with van der Waals surface area (Å²) >= 11 is 1.78. The van der Waals surface area contributed by atoms with Gasteiger partial charge in [-0.3, -0.25) is 9.69 Å². The molecule has 0 N–H and O–H groups in total. The lowest BCUT2D eigenvalue weighted by molar-refractivity contribution is -0.138. The summed E-state index contributed by atoms with van der Waals surface area (Å²) in [4.78, 5) is 22.0. The number of likely N-dealkylation sites (N-methyl/N-ethyl adjacent to an activating group) is 1. The fraction of sp³-hybridized carbons (Fsp3) is 0.619. The number of piperidine rings is 1. The number of carbonyl (C=O) groups is 1. The molecule has 0 radical (unpaired) electrons. The van der Waals surface area contributed by atoms with Gasteiger partial charge in [-0.25, -0.2) is 13.4 Å². The zero-order valence-corrected chi connectivity index (χ0v) is 18.7. The van der Waals surface area contributed by atoms with E-state index in [2.05, 4.69) is 23.1 Å². The van der Waals surface area contributed by atoms with E-state index in [1.807, 2.05) is 19.9 Å². The van der Waals surface area contributed by atoms with E-state index in [9.17, 15) is 13.2 Å². The third-order valence-corrected chi connectivity index (χ3v) is 9.32. The number of fused-ring (bicyclic) bond motifs is 1. The number of amides is 1. The Morgan fingerprint density at radius 2 is 2.00 bits per heavy atom. The van der Waals surface area contributed by atoms with Crippen molar-refractivity contribution < 1.29 is 13.2 Å². The van der Waals surface area contributed by atoms with E-state index >= 15 is 0 Å². The highest BCUT2D eigenvalue weighted by molar-refractivity contribution is 7.91. The van der Waals surface area contributed by atoms with Crippen LogP contribution in [0.4, 0.5) is 0 Å². The molecule has 1 aromatic carbocycles. The molecule has 8 heteroatoms. The van der Waals surface area contributed by atoms with Crippen LogP contribution >= 0.6 is 11.3 Å². The molecular weight excluding hydrogens is 406 g/mol. The first-order valence-corrected chi connectivity index (χ1v) is 13.1. The molecule has 2 aliphatic rings. The average molecular weight is 436 g/mol. The molecule has 2 atom stereocenters. The van der Waals surface area contributed by atoms with Crippen molar-refractivity contribution in [3.63, 3.8) is 0 Å². The summed E-state index contributed by atoms with van der Waals surface area (Å²) < 4.78 is 24.9. The van der Waals surface area contributed by atoms with E-state index in [1.54, 1.807) is 16.2 Å². The Hall–Kier alpha value is -1.51. The Kier molecular flexibility index (Phi) is 5.95. The first-order chi connectivity index (χ1) is 13.9. The number of rotatable bonds is 5. The molecule has 0 unspecified atom stereocenters. The third kappa shape index (κ3) is 4.34. The van der Waals surface area contributed by atoms with Gasteiger partial charge in [-0.05, 0) is 58.3 Å². The molecule has 1 amide bonds.